The van der Waals surface area contributed by atoms with Crippen molar-refractivity contribution >= 4 is 5.70 Å². The third kappa shape index (κ3) is 1.84. The molecule has 0 saturated carbocycles. The first-order chi connectivity index (χ1) is 5.34. The minimum absolute atomic E-state index is 0.508. The van der Waals surface area contributed by atoms with E-state index < -0.39 is 0 Å². The van der Waals surface area contributed by atoms with Gasteiger partial charge in [0, 0.05) is 11.8 Å². The van der Waals surface area contributed by atoms with E-state index >= 15 is 0 Å². The highest BCUT2D eigenvalue weighted by molar-refractivity contribution is 5.64. The predicted octanol–water partition coefficient (Wildman–Crippen LogP) is 1.51. The highest BCUT2D eigenvalue weighted by Gasteiger charge is 1.91. The van der Waals surface area contributed by atoms with Crippen molar-refractivity contribution in [2.45, 2.75) is 0 Å². The summed E-state index contributed by atoms with van der Waals surface area (Å²) in [5.41, 5.74) is 6.94. The van der Waals surface area contributed by atoms with E-state index in [-0.39, 0.29) is 0 Å². The van der Waals surface area contributed by atoms with Crippen molar-refractivity contribution in [1.82, 2.24) is 0 Å². The summed E-state index contributed by atoms with van der Waals surface area (Å²) < 4.78 is 0. The number of hydrogen-bond acceptors (Lipinski definition) is 2. The van der Waals surface area contributed by atoms with Crippen LogP contribution in [0.15, 0.2) is 36.4 Å². The van der Waals surface area contributed by atoms with Gasteiger partial charge in [0.1, 0.15) is 0 Å². The molecule has 0 saturated heterocycles. The molecule has 0 fully saturated rings. The van der Waals surface area contributed by atoms with Crippen molar-refractivity contribution in [3.8, 4) is 6.07 Å². The molecule has 54 valence electrons. The molecule has 2 heteroatoms. The second-order valence-corrected chi connectivity index (χ2v) is 2.09. The lowest BCUT2D eigenvalue weighted by molar-refractivity contribution is 1.49. The fraction of sp³-hybridized carbons (Fsp3) is 0. The quantitative estimate of drug-likeness (QED) is 0.607. The molecular weight excluding hydrogens is 136 g/mol. The number of nitrogens with two attached hydrogens (primary N) is 1. The Bertz CT molecular complexity index is 293. The Kier molecular flexibility index (Phi) is 2.29. The zero-order valence-electron chi connectivity index (χ0n) is 5.99. The first kappa shape index (κ1) is 7.36. The average molecular weight is 144 g/mol. The van der Waals surface area contributed by atoms with E-state index in [0.717, 1.165) is 5.56 Å². The zero-order chi connectivity index (χ0) is 8.10. The number of allylic oxidation sites excluding steroid dienone is 1. The Labute approximate surface area is 65.6 Å². The third-order valence-electron chi connectivity index (χ3n) is 1.33. The molecule has 0 aliphatic heterocycles. The van der Waals surface area contributed by atoms with Crippen molar-refractivity contribution < 1.29 is 0 Å². The standard InChI is InChI=1S/C9H8N2/c10-7-6-9(11)8-4-2-1-3-5-8/h1-6H,11H2/b9-6+. The van der Waals surface area contributed by atoms with Crippen LogP contribution in [-0.4, -0.2) is 0 Å². The van der Waals surface area contributed by atoms with E-state index in [1.54, 1.807) is 0 Å². The largest absolute Gasteiger partial charge is 0.398 e. The molecule has 2 nitrogen and oxygen atoms in total. The molecule has 11 heavy (non-hydrogen) atoms. The van der Waals surface area contributed by atoms with Crippen LogP contribution in [-0.2, 0) is 0 Å². The van der Waals surface area contributed by atoms with Gasteiger partial charge in [-0.3, -0.25) is 0 Å². The van der Waals surface area contributed by atoms with Crippen molar-refractivity contribution in [1.29, 1.82) is 5.26 Å². The van der Waals surface area contributed by atoms with Crippen LogP contribution in [0, 0.1) is 11.3 Å². The van der Waals surface area contributed by atoms with Crippen LogP contribution in [0.4, 0.5) is 0 Å². The Hall–Kier alpha value is -1.75. The van der Waals surface area contributed by atoms with Gasteiger partial charge in [-0.2, -0.15) is 5.26 Å². The molecule has 0 heterocycles. The van der Waals surface area contributed by atoms with Gasteiger partial charge >= 0.3 is 0 Å². The van der Waals surface area contributed by atoms with Crippen LogP contribution in [0.2, 0.25) is 0 Å². The predicted molar refractivity (Wildman–Crippen MR) is 44.2 cm³/mol. The molecule has 1 aromatic carbocycles. The highest BCUT2D eigenvalue weighted by Crippen LogP contribution is 2.06. The summed E-state index contributed by atoms with van der Waals surface area (Å²) in [5.74, 6) is 0. The van der Waals surface area contributed by atoms with Crippen molar-refractivity contribution in [3.63, 3.8) is 0 Å². The van der Waals surface area contributed by atoms with Crippen LogP contribution < -0.4 is 5.73 Å². The second kappa shape index (κ2) is 3.43. The smallest absolute Gasteiger partial charge is 0.0933 e. The van der Waals surface area contributed by atoms with Gasteiger partial charge in [0.2, 0.25) is 0 Å². The van der Waals surface area contributed by atoms with E-state index in [1.807, 2.05) is 36.4 Å². The van der Waals surface area contributed by atoms with Crippen LogP contribution in [0.5, 0.6) is 0 Å². The average Bonchev–Trinajstić information content (AvgIpc) is 2.07. The maximum Gasteiger partial charge on any atom is 0.0933 e. The maximum atomic E-state index is 8.29. The first-order valence-electron chi connectivity index (χ1n) is 3.25. The molecule has 0 unspecified atom stereocenters. The van der Waals surface area contributed by atoms with Gasteiger partial charge in [0.05, 0.1) is 6.07 Å². The molecule has 0 spiro atoms. The fourth-order valence-corrected chi connectivity index (χ4v) is 0.783. The monoisotopic (exact) mass is 144 g/mol. The van der Waals surface area contributed by atoms with E-state index in [4.69, 9.17) is 11.0 Å². The van der Waals surface area contributed by atoms with Crippen LogP contribution in [0.1, 0.15) is 5.56 Å². The van der Waals surface area contributed by atoms with Crippen LogP contribution in [0.25, 0.3) is 5.70 Å². The second-order valence-electron chi connectivity index (χ2n) is 2.09. The van der Waals surface area contributed by atoms with Crippen molar-refractivity contribution in [2.24, 2.45) is 5.73 Å². The minimum Gasteiger partial charge on any atom is -0.398 e. The Morgan fingerprint density at radius 1 is 1.36 bits per heavy atom. The number of benzene rings is 1. The van der Waals surface area contributed by atoms with Gasteiger partial charge in [-0.1, -0.05) is 30.3 Å². The van der Waals surface area contributed by atoms with Gasteiger partial charge in [-0.05, 0) is 5.56 Å². The summed E-state index contributed by atoms with van der Waals surface area (Å²) >= 11 is 0. The lowest BCUT2D eigenvalue weighted by Crippen LogP contribution is -1.94. The SMILES string of the molecule is N#C/C=C(/N)c1ccccc1. The fourth-order valence-electron chi connectivity index (χ4n) is 0.783. The molecule has 0 aliphatic carbocycles. The third-order valence-corrected chi connectivity index (χ3v) is 1.33. The van der Waals surface area contributed by atoms with Gasteiger partial charge in [0.25, 0.3) is 0 Å². The zero-order valence-corrected chi connectivity index (χ0v) is 5.99. The molecular formula is C9H8N2. The summed E-state index contributed by atoms with van der Waals surface area (Å²) in [6.45, 7) is 0. The van der Waals surface area contributed by atoms with E-state index in [0.29, 0.717) is 5.70 Å². The lowest BCUT2D eigenvalue weighted by atomic mass is 10.2. The molecule has 0 aromatic heterocycles. The Balaban J connectivity index is 2.96. The molecule has 0 radical (unpaired) electrons. The molecule has 0 atom stereocenters. The number of nitriles is 1. The first-order valence-corrected chi connectivity index (χ1v) is 3.25. The summed E-state index contributed by atoms with van der Waals surface area (Å²) in [6, 6.07) is 11.3. The molecule has 1 aromatic rings. The Morgan fingerprint density at radius 2 is 2.00 bits per heavy atom. The topological polar surface area (TPSA) is 49.8 Å². The van der Waals surface area contributed by atoms with Crippen molar-refractivity contribution in [3.05, 3.63) is 42.0 Å². The molecule has 0 aliphatic rings. The maximum absolute atomic E-state index is 8.29. The molecule has 1 rings (SSSR count). The molecule has 0 amide bonds. The number of rotatable bonds is 1. The minimum atomic E-state index is 0.508. The van der Waals surface area contributed by atoms with Crippen molar-refractivity contribution in [2.75, 3.05) is 0 Å². The molecule has 0 bridgehead atoms. The lowest BCUT2D eigenvalue weighted by Gasteiger charge is -1.96. The normalized spacial score (nSPS) is 10.6. The van der Waals surface area contributed by atoms with Gasteiger partial charge in [-0.25, -0.2) is 0 Å². The van der Waals surface area contributed by atoms with E-state index in [2.05, 4.69) is 0 Å². The summed E-state index contributed by atoms with van der Waals surface area (Å²) in [7, 11) is 0. The van der Waals surface area contributed by atoms with Gasteiger partial charge < -0.3 is 5.73 Å². The summed E-state index contributed by atoms with van der Waals surface area (Å²) in [6.07, 6.45) is 1.33. The van der Waals surface area contributed by atoms with Crippen LogP contribution in [0.3, 0.4) is 0 Å². The number of hydrogen-bond donors (Lipinski definition) is 1. The summed E-state index contributed by atoms with van der Waals surface area (Å²) in [5, 5.41) is 8.29. The highest BCUT2D eigenvalue weighted by atomic mass is 14.6. The van der Waals surface area contributed by atoms with Crippen LogP contribution >= 0.6 is 0 Å². The summed E-state index contributed by atoms with van der Waals surface area (Å²) in [4.78, 5) is 0. The van der Waals surface area contributed by atoms with Gasteiger partial charge in [0.15, 0.2) is 0 Å². The van der Waals surface area contributed by atoms with E-state index in [1.165, 1.54) is 6.08 Å². The van der Waals surface area contributed by atoms with Gasteiger partial charge in [-0.15, -0.1) is 0 Å². The number of nitrogens with zero attached hydrogens (tertiary/aromatic N) is 1. The Morgan fingerprint density at radius 3 is 2.55 bits per heavy atom. The van der Waals surface area contributed by atoms with E-state index in [9.17, 15) is 0 Å². The molecule has 2 N–H and O–H groups in total.